The van der Waals surface area contributed by atoms with Crippen LogP contribution in [0.5, 0.6) is 11.5 Å². The van der Waals surface area contributed by atoms with Gasteiger partial charge in [-0.3, -0.25) is 0 Å². The molecule has 0 unspecified atom stereocenters. The summed E-state index contributed by atoms with van der Waals surface area (Å²) in [4.78, 5) is 0. The third kappa shape index (κ3) is 3.42. The average molecular weight is 268 g/mol. The zero-order valence-corrected chi connectivity index (χ0v) is 11.3. The largest absolute Gasteiger partial charge is 0.504 e. The maximum atomic E-state index is 9.64. The topological polar surface area (TPSA) is 65.3 Å². The van der Waals surface area contributed by atoms with Gasteiger partial charge in [0.1, 0.15) is 0 Å². The molecule has 2 aromatic rings. The molecule has 0 aromatic heterocycles. The van der Waals surface area contributed by atoms with E-state index >= 15 is 0 Å². The molecule has 2 aromatic carbocycles. The first-order valence-electron chi connectivity index (χ1n) is 6.41. The van der Waals surface area contributed by atoms with Gasteiger partial charge in [-0.25, -0.2) is 0 Å². The third-order valence-corrected chi connectivity index (χ3v) is 2.81. The van der Waals surface area contributed by atoms with Gasteiger partial charge in [0, 0.05) is 12.2 Å². The van der Waals surface area contributed by atoms with Crippen LogP contribution in [0.2, 0.25) is 0 Å². The Balaban J connectivity index is 2.07. The summed E-state index contributed by atoms with van der Waals surface area (Å²) in [6.07, 6.45) is 0. The van der Waals surface area contributed by atoms with Crippen LogP contribution < -0.4 is 10.1 Å². The number of nitrogens with zero attached hydrogens (tertiary/aromatic N) is 1. The van der Waals surface area contributed by atoms with Crippen molar-refractivity contribution in [1.82, 2.24) is 0 Å². The van der Waals surface area contributed by atoms with Crippen LogP contribution in [0.3, 0.4) is 0 Å². The summed E-state index contributed by atoms with van der Waals surface area (Å²) in [5.74, 6) is 0.625. The Bertz CT molecular complexity index is 633. The van der Waals surface area contributed by atoms with Gasteiger partial charge in [0.15, 0.2) is 11.5 Å². The molecule has 0 atom stereocenters. The standard InChI is InChI=1S/C16H16N2O2/c1-2-20-16-9-13(6-7-15(16)19)11-18-14-5-3-4-12(8-14)10-17/h3-9,18-19H,2,11H2,1H3. The molecule has 0 spiro atoms. The molecule has 0 aliphatic heterocycles. The van der Waals surface area contributed by atoms with Gasteiger partial charge in [0.2, 0.25) is 0 Å². The van der Waals surface area contributed by atoms with Crippen molar-refractivity contribution in [3.63, 3.8) is 0 Å². The number of phenolic OH excluding ortho intramolecular Hbond substituents is 1. The lowest BCUT2D eigenvalue weighted by Gasteiger charge is -2.10. The second kappa shape index (κ2) is 6.48. The number of hydrogen-bond donors (Lipinski definition) is 2. The molecule has 20 heavy (non-hydrogen) atoms. The van der Waals surface area contributed by atoms with E-state index < -0.39 is 0 Å². The lowest BCUT2D eigenvalue weighted by molar-refractivity contribution is 0.318. The van der Waals surface area contributed by atoms with E-state index in [2.05, 4.69) is 11.4 Å². The summed E-state index contributed by atoms with van der Waals surface area (Å²) in [6, 6.07) is 14.7. The zero-order valence-electron chi connectivity index (χ0n) is 11.3. The first-order valence-corrected chi connectivity index (χ1v) is 6.41. The Morgan fingerprint density at radius 2 is 2.10 bits per heavy atom. The summed E-state index contributed by atoms with van der Waals surface area (Å²) >= 11 is 0. The predicted molar refractivity (Wildman–Crippen MR) is 77.8 cm³/mol. The number of ether oxygens (including phenoxy) is 1. The van der Waals surface area contributed by atoms with Crippen LogP contribution in [0, 0.1) is 11.3 Å². The van der Waals surface area contributed by atoms with Crippen molar-refractivity contribution >= 4 is 5.69 Å². The minimum atomic E-state index is 0.141. The molecule has 0 saturated carbocycles. The van der Waals surface area contributed by atoms with Gasteiger partial charge in [-0.15, -0.1) is 0 Å². The van der Waals surface area contributed by atoms with Crippen molar-refractivity contribution in [3.05, 3.63) is 53.6 Å². The van der Waals surface area contributed by atoms with Gasteiger partial charge in [0.05, 0.1) is 18.2 Å². The van der Waals surface area contributed by atoms with Gasteiger partial charge in [-0.05, 0) is 42.8 Å². The quantitative estimate of drug-likeness (QED) is 0.873. The number of aromatic hydroxyl groups is 1. The number of rotatable bonds is 5. The maximum absolute atomic E-state index is 9.64. The fourth-order valence-electron chi connectivity index (χ4n) is 1.84. The minimum Gasteiger partial charge on any atom is -0.504 e. The highest BCUT2D eigenvalue weighted by atomic mass is 16.5. The normalized spacial score (nSPS) is 9.80. The van der Waals surface area contributed by atoms with Crippen LogP contribution in [-0.4, -0.2) is 11.7 Å². The van der Waals surface area contributed by atoms with Gasteiger partial charge < -0.3 is 15.2 Å². The fourth-order valence-corrected chi connectivity index (χ4v) is 1.84. The van der Waals surface area contributed by atoms with E-state index in [0.717, 1.165) is 11.3 Å². The molecule has 0 aliphatic carbocycles. The second-order valence-electron chi connectivity index (χ2n) is 4.28. The van der Waals surface area contributed by atoms with E-state index in [-0.39, 0.29) is 5.75 Å². The van der Waals surface area contributed by atoms with Crippen LogP contribution in [0.1, 0.15) is 18.1 Å². The summed E-state index contributed by atoms with van der Waals surface area (Å²) < 4.78 is 5.35. The van der Waals surface area contributed by atoms with Crippen LogP contribution in [0.4, 0.5) is 5.69 Å². The van der Waals surface area contributed by atoms with Crippen molar-refractivity contribution in [3.8, 4) is 17.6 Å². The van der Waals surface area contributed by atoms with Crippen molar-refractivity contribution in [2.75, 3.05) is 11.9 Å². The van der Waals surface area contributed by atoms with Crippen molar-refractivity contribution in [1.29, 1.82) is 5.26 Å². The Morgan fingerprint density at radius 1 is 1.25 bits per heavy atom. The number of benzene rings is 2. The minimum absolute atomic E-state index is 0.141. The number of anilines is 1. The number of nitrogens with one attached hydrogen (secondary N) is 1. The SMILES string of the molecule is CCOc1cc(CNc2cccc(C#N)c2)ccc1O. The predicted octanol–water partition coefficient (Wildman–Crippen LogP) is 3.27. The molecule has 0 saturated heterocycles. The van der Waals surface area contributed by atoms with Crippen LogP contribution in [-0.2, 0) is 6.54 Å². The molecule has 0 heterocycles. The van der Waals surface area contributed by atoms with Crippen LogP contribution in [0.15, 0.2) is 42.5 Å². The summed E-state index contributed by atoms with van der Waals surface area (Å²) in [7, 11) is 0. The van der Waals surface area contributed by atoms with Gasteiger partial charge >= 0.3 is 0 Å². The molecule has 0 bridgehead atoms. The Morgan fingerprint density at radius 3 is 2.85 bits per heavy atom. The first kappa shape index (κ1) is 13.8. The van der Waals surface area contributed by atoms with Gasteiger partial charge in [-0.1, -0.05) is 12.1 Å². The van der Waals surface area contributed by atoms with E-state index in [0.29, 0.717) is 24.5 Å². The van der Waals surface area contributed by atoms with E-state index in [9.17, 15) is 5.11 Å². The highest BCUT2D eigenvalue weighted by Gasteiger charge is 2.03. The molecule has 102 valence electrons. The maximum Gasteiger partial charge on any atom is 0.161 e. The molecular weight excluding hydrogens is 252 g/mol. The highest BCUT2D eigenvalue weighted by Crippen LogP contribution is 2.27. The molecule has 0 aliphatic rings. The van der Waals surface area contributed by atoms with E-state index in [1.54, 1.807) is 24.3 Å². The van der Waals surface area contributed by atoms with Crippen molar-refractivity contribution in [2.24, 2.45) is 0 Å². The Labute approximate surface area is 118 Å². The smallest absolute Gasteiger partial charge is 0.161 e. The zero-order chi connectivity index (χ0) is 14.4. The number of nitriles is 1. The molecule has 2 rings (SSSR count). The average Bonchev–Trinajstić information content (AvgIpc) is 2.48. The highest BCUT2D eigenvalue weighted by molar-refractivity contribution is 5.50. The van der Waals surface area contributed by atoms with Crippen molar-refractivity contribution < 1.29 is 9.84 Å². The van der Waals surface area contributed by atoms with E-state index in [1.165, 1.54) is 0 Å². The summed E-state index contributed by atoms with van der Waals surface area (Å²) in [5, 5.41) is 21.7. The number of hydrogen-bond acceptors (Lipinski definition) is 4. The Kier molecular flexibility index (Phi) is 4.46. The summed E-state index contributed by atoms with van der Waals surface area (Å²) in [5.41, 5.74) is 2.50. The molecule has 0 amide bonds. The van der Waals surface area contributed by atoms with Crippen LogP contribution in [0.25, 0.3) is 0 Å². The van der Waals surface area contributed by atoms with E-state index in [4.69, 9.17) is 10.00 Å². The molecule has 0 fully saturated rings. The molecule has 2 N–H and O–H groups in total. The first-order chi connectivity index (χ1) is 9.72. The molecule has 0 radical (unpaired) electrons. The molecular formula is C16H16N2O2. The lowest BCUT2D eigenvalue weighted by atomic mass is 10.2. The monoisotopic (exact) mass is 268 g/mol. The third-order valence-electron chi connectivity index (χ3n) is 2.81. The van der Waals surface area contributed by atoms with E-state index in [1.807, 2.05) is 25.1 Å². The number of phenols is 1. The lowest BCUT2D eigenvalue weighted by Crippen LogP contribution is -2.00. The summed E-state index contributed by atoms with van der Waals surface area (Å²) in [6.45, 7) is 2.97. The fraction of sp³-hybridized carbons (Fsp3) is 0.188. The van der Waals surface area contributed by atoms with Gasteiger partial charge in [-0.2, -0.15) is 5.26 Å². The second-order valence-corrected chi connectivity index (χ2v) is 4.28. The van der Waals surface area contributed by atoms with Gasteiger partial charge in [0.25, 0.3) is 0 Å². The molecule has 4 nitrogen and oxygen atoms in total. The van der Waals surface area contributed by atoms with Crippen LogP contribution >= 0.6 is 0 Å². The molecule has 4 heteroatoms. The van der Waals surface area contributed by atoms with Crippen molar-refractivity contribution in [2.45, 2.75) is 13.5 Å². The Hall–Kier alpha value is -2.67.